The summed E-state index contributed by atoms with van der Waals surface area (Å²) in [6.07, 6.45) is 1.73. The summed E-state index contributed by atoms with van der Waals surface area (Å²) in [4.78, 5) is 23.4. The molecular weight excluding hydrogens is 250 g/mol. The molecule has 2 rings (SSSR count). The van der Waals surface area contributed by atoms with Gasteiger partial charge in [0.15, 0.2) is 0 Å². The van der Waals surface area contributed by atoms with Gasteiger partial charge in [-0.05, 0) is 43.3 Å². The maximum absolute atomic E-state index is 12.2. The van der Waals surface area contributed by atoms with Crippen molar-refractivity contribution in [1.82, 2.24) is 4.57 Å². The molecule has 0 fully saturated rings. The molecule has 0 aliphatic carbocycles. The number of benzene rings is 1. The minimum Gasteiger partial charge on any atom is -0.337 e. The fraction of sp³-hybridized carbons (Fsp3) is 0.143. The fourth-order valence-electron chi connectivity index (χ4n) is 1.75. The van der Waals surface area contributed by atoms with Crippen LogP contribution in [0.4, 0.5) is 0 Å². The van der Waals surface area contributed by atoms with E-state index in [1.807, 2.05) is 0 Å². The molecule has 0 unspecified atom stereocenters. The summed E-state index contributed by atoms with van der Waals surface area (Å²) in [5.74, 6) is -0.103. The number of rotatable bonds is 4. The van der Waals surface area contributed by atoms with Crippen molar-refractivity contribution >= 4 is 23.2 Å². The molecule has 0 aliphatic heterocycles. The third-order valence-electron chi connectivity index (χ3n) is 2.56. The average Bonchev–Trinajstić information content (AvgIpc) is 2.76. The van der Waals surface area contributed by atoms with E-state index in [-0.39, 0.29) is 18.1 Å². The molecule has 0 aliphatic rings. The van der Waals surface area contributed by atoms with Gasteiger partial charge in [-0.2, -0.15) is 0 Å². The Morgan fingerprint density at radius 2 is 1.83 bits per heavy atom. The Bertz CT molecular complexity index is 584. The first-order chi connectivity index (χ1) is 8.58. The van der Waals surface area contributed by atoms with E-state index in [0.29, 0.717) is 16.3 Å². The summed E-state index contributed by atoms with van der Waals surface area (Å²) < 4.78 is 1.65. The third kappa shape index (κ3) is 2.68. The van der Waals surface area contributed by atoms with Gasteiger partial charge in [-0.1, -0.05) is 11.6 Å². The van der Waals surface area contributed by atoms with Crippen molar-refractivity contribution in [1.29, 1.82) is 0 Å². The molecule has 1 heterocycles. The van der Waals surface area contributed by atoms with Crippen LogP contribution in [0.15, 0.2) is 42.6 Å². The van der Waals surface area contributed by atoms with Crippen LogP contribution in [0.3, 0.4) is 0 Å². The highest BCUT2D eigenvalue weighted by molar-refractivity contribution is 6.30. The number of carbonyl (C=O) groups is 2. The van der Waals surface area contributed by atoms with Gasteiger partial charge in [0.1, 0.15) is 5.78 Å². The zero-order valence-corrected chi connectivity index (χ0v) is 10.6. The molecule has 3 nitrogen and oxygen atoms in total. The summed E-state index contributed by atoms with van der Waals surface area (Å²) in [7, 11) is 0. The van der Waals surface area contributed by atoms with Crippen LogP contribution in [-0.2, 0) is 11.3 Å². The molecule has 4 heteroatoms. The lowest BCUT2D eigenvalue weighted by atomic mass is 10.1. The maximum atomic E-state index is 12.2. The zero-order chi connectivity index (χ0) is 13.1. The Kier molecular flexibility index (Phi) is 3.63. The predicted molar refractivity (Wildman–Crippen MR) is 70.0 cm³/mol. The molecular formula is C14H12ClNO2. The van der Waals surface area contributed by atoms with Gasteiger partial charge in [-0.25, -0.2) is 0 Å². The number of halogens is 1. The first kappa shape index (κ1) is 12.6. The van der Waals surface area contributed by atoms with E-state index in [9.17, 15) is 9.59 Å². The molecule has 0 amide bonds. The van der Waals surface area contributed by atoms with Crippen LogP contribution in [-0.4, -0.2) is 16.1 Å². The molecule has 0 N–H and O–H groups in total. The van der Waals surface area contributed by atoms with E-state index in [2.05, 4.69) is 0 Å². The van der Waals surface area contributed by atoms with Gasteiger partial charge in [-0.3, -0.25) is 9.59 Å². The highest BCUT2D eigenvalue weighted by atomic mass is 35.5. The van der Waals surface area contributed by atoms with Gasteiger partial charge in [0, 0.05) is 16.8 Å². The monoisotopic (exact) mass is 261 g/mol. The Labute approximate surface area is 110 Å². The number of ketones is 2. The van der Waals surface area contributed by atoms with Crippen LogP contribution in [0, 0.1) is 0 Å². The predicted octanol–water partition coefficient (Wildman–Crippen LogP) is 2.96. The lowest BCUT2D eigenvalue weighted by Crippen LogP contribution is -2.13. The van der Waals surface area contributed by atoms with Gasteiger partial charge in [0.2, 0.25) is 5.78 Å². The van der Waals surface area contributed by atoms with E-state index >= 15 is 0 Å². The van der Waals surface area contributed by atoms with Crippen molar-refractivity contribution in [3.05, 3.63) is 58.9 Å². The Hall–Kier alpha value is -1.87. The van der Waals surface area contributed by atoms with Crippen LogP contribution in [0.1, 0.15) is 23.0 Å². The smallest absolute Gasteiger partial charge is 0.209 e. The summed E-state index contributed by atoms with van der Waals surface area (Å²) >= 11 is 5.78. The summed E-state index contributed by atoms with van der Waals surface area (Å²) in [6, 6.07) is 10.2. The summed E-state index contributed by atoms with van der Waals surface area (Å²) in [5.41, 5.74) is 1.07. The molecule has 92 valence electrons. The first-order valence-electron chi connectivity index (χ1n) is 5.53. The van der Waals surface area contributed by atoms with Crippen LogP contribution in [0.5, 0.6) is 0 Å². The molecule has 2 aromatic rings. The van der Waals surface area contributed by atoms with E-state index < -0.39 is 0 Å². The van der Waals surface area contributed by atoms with Crippen molar-refractivity contribution in [2.24, 2.45) is 0 Å². The van der Waals surface area contributed by atoms with Crippen LogP contribution >= 0.6 is 11.6 Å². The molecule has 0 saturated carbocycles. The Morgan fingerprint density at radius 1 is 1.17 bits per heavy atom. The molecule has 1 aromatic heterocycles. The molecule has 18 heavy (non-hydrogen) atoms. The lowest BCUT2D eigenvalue weighted by molar-refractivity contribution is -0.117. The van der Waals surface area contributed by atoms with Crippen LogP contribution < -0.4 is 0 Å². The second kappa shape index (κ2) is 5.19. The fourth-order valence-corrected chi connectivity index (χ4v) is 1.87. The molecule has 0 bridgehead atoms. The van der Waals surface area contributed by atoms with E-state index in [1.54, 1.807) is 47.2 Å². The largest absolute Gasteiger partial charge is 0.337 e. The number of carbonyl (C=O) groups excluding carboxylic acids is 2. The van der Waals surface area contributed by atoms with Gasteiger partial charge in [-0.15, -0.1) is 0 Å². The maximum Gasteiger partial charge on any atom is 0.209 e. The van der Waals surface area contributed by atoms with Crippen molar-refractivity contribution < 1.29 is 9.59 Å². The van der Waals surface area contributed by atoms with E-state index in [0.717, 1.165) is 0 Å². The Balaban J connectivity index is 2.31. The molecule has 1 aromatic carbocycles. The number of hydrogen-bond donors (Lipinski definition) is 0. The standard InChI is InChI=1S/C14H12ClNO2/c1-10(17)9-16-8-2-3-13(16)14(18)11-4-6-12(15)7-5-11/h2-8H,9H2,1H3. The lowest BCUT2D eigenvalue weighted by Gasteiger charge is -2.06. The third-order valence-corrected chi connectivity index (χ3v) is 2.81. The van der Waals surface area contributed by atoms with E-state index in [1.165, 1.54) is 6.92 Å². The second-order valence-corrected chi connectivity index (χ2v) is 4.50. The van der Waals surface area contributed by atoms with Crippen molar-refractivity contribution in [2.45, 2.75) is 13.5 Å². The van der Waals surface area contributed by atoms with Gasteiger partial charge in [0.05, 0.1) is 12.2 Å². The first-order valence-corrected chi connectivity index (χ1v) is 5.90. The quantitative estimate of drug-likeness (QED) is 0.794. The minimum atomic E-state index is -0.113. The number of Topliss-reactive ketones (excluding diaryl/α,β-unsaturated/α-hetero) is 1. The highest BCUT2D eigenvalue weighted by Crippen LogP contribution is 2.14. The van der Waals surface area contributed by atoms with Crippen LogP contribution in [0.2, 0.25) is 5.02 Å². The summed E-state index contributed by atoms with van der Waals surface area (Å²) in [5, 5.41) is 0.589. The number of hydrogen-bond acceptors (Lipinski definition) is 2. The van der Waals surface area contributed by atoms with E-state index in [4.69, 9.17) is 11.6 Å². The second-order valence-electron chi connectivity index (χ2n) is 4.06. The highest BCUT2D eigenvalue weighted by Gasteiger charge is 2.13. The number of aromatic nitrogens is 1. The van der Waals surface area contributed by atoms with Crippen molar-refractivity contribution in [3.63, 3.8) is 0 Å². The normalized spacial score (nSPS) is 10.3. The van der Waals surface area contributed by atoms with Crippen molar-refractivity contribution in [3.8, 4) is 0 Å². The van der Waals surface area contributed by atoms with Crippen molar-refractivity contribution in [2.75, 3.05) is 0 Å². The minimum absolute atomic E-state index is 0.0105. The number of nitrogens with zero attached hydrogens (tertiary/aromatic N) is 1. The molecule has 0 atom stereocenters. The average molecular weight is 262 g/mol. The molecule has 0 radical (unpaired) electrons. The van der Waals surface area contributed by atoms with Crippen LogP contribution in [0.25, 0.3) is 0 Å². The topological polar surface area (TPSA) is 39.1 Å². The molecule has 0 saturated heterocycles. The Morgan fingerprint density at radius 3 is 2.44 bits per heavy atom. The van der Waals surface area contributed by atoms with Gasteiger partial charge < -0.3 is 4.57 Å². The van der Waals surface area contributed by atoms with Gasteiger partial charge >= 0.3 is 0 Å². The zero-order valence-electron chi connectivity index (χ0n) is 9.89. The molecule has 0 spiro atoms. The summed E-state index contributed by atoms with van der Waals surface area (Å²) in [6.45, 7) is 1.71. The van der Waals surface area contributed by atoms with Gasteiger partial charge in [0.25, 0.3) is 0 Å². The SMILES string of the molecule is CC(=O)Cn1cccc1C(=O)c1ccc(Cl)cc1.